The second-order valence-electron chi connectivity index (χ2n) is 6.62. The summed E-state index contributed by atoms with van der Waals surface area (Å²) >= 11 is 0. The number of primary amides is 2. The van der Waals surface area contributed by atoms with Gasteiger partial charge in [-0.25, -0.2) is 0 Å². The molecule has 0 fully saturated rings. The molecule has 2 amide bonds. The largest absolute Gasteiger partial charge is 0.366 e. The van der Waals surface area contributed by atoms with Crippen molar-refractivity contribution >= 4 is 11.8 Å². The minimum absolute atomic E-state index is 0.312. The molecule has 0 aliphatic heterocycles. The van der Waals surface area contributed by atoms with Gasteiger partial charge in [-0.2, -0.15) is 0 Å². The maximum atomic E-state index is 10.7. The Kier molecular flexibility index (Phi) is 17.2. The second-order valence-corrected chi connectivity index (χ2v) is 6.62. The Morgan fingerprint density at radius 2 is 1.19 bits per heavy atom. The molecule has 0 aromatic rings. The highest BCUT2D eigenvalue weighted by Gasteiger charge is 1.99. The van der Waals surface area contributed by atoms with Gasteiger partial charge in [-0.15, -0.1) is 0 Å². The van der Waals surface area contributed by atoms with Crippen LogP contribution < -0.4 is 11.5 Å². The van der Waals surface area contributed by atoms with Gasteiger partial charge in [-0.3, -0.25) is 9.59 Å². The van der Waals surface area contributed by atoms with Crippen molar-refractivity contribution in [3.8, 4) is 0 Å². The van der Waals surface area contributed by atoms with Gasteiger partial charge in [0, 0.05) is 11.1 Å². The lowest BCUT2D eigenvalue weighted by atomic mass is 10.2. The van der Waals surface area contributed by atoms with Crippen LogP contribution in [0.15, 0.2) is 23.3 Å². The molecule has 4 N–H and O–H groups in total. The molecule has 152 valence electrons. The maximum Gasteiger partial charge on any atom is 0.244 e. The zero-order valence-electron chi connectivity index (χ0n) is 17.7. The lowest BCUT2D eigenvalue weighted by molar-refractivity contribution is -0.115. The van der Waals surface area contributed by atoms with E-state index < -0.39 is 0 Å². The van der Waals surface area contributed by atoms with Crippen molar-refractivity contribution < 1.29 is 9.59 Å². The second kappa shape index (κ2) is 16.8. The van der Waals surface area contributed by atoms with Gasteiger partial charge >= 0.3 is 0 Å². The van der Waals surface area contributed by atoms with Crippen LogP contribution in [-0.2, 0) is 9.59 Å². The predicted molar refractivity (Wildman–Crippen MR) is 111 cm³/mol. The number of hydrogen-bond donors (Lipinski definition) is 2. The summed E-state index contributed by atoms with van der Waals surface area (Å²) in [5, 5.41) is 0. The van der Waals surface area contributed by atoms with E-state index in [2.05, 4.69) is 23.6 Å². The van der Waals surface area contributed by atoms with Crippen LogP contribution in [0, 0.1) is 0 Å². The summed E-state index contributed by atoms with van der Waals surface area (Å²) in [6.07, 6.45) is 7.83. The summed E-state index contributed by atoms with van der Waals surface area (Å²) in [4.78, 5) is 25.7. The van der Waals surface area contributed by atoms with E-state index in [-0.39, 0.29) is 11.8 Å². The molecular weight excluding hydrogens is 328 g/mol. The number of nitrogens with two attached hydrogens (primary N) is 2. The Balaban J connectivity index is 0. The van der Waals surface area contributed by atoms with Crippen LogP contribution >= 0.6 is 0 Å². The van der Waals surface area contributed by atoms with Crippen LogP contribution in [-0.4, -0.2) is 61.9 Å². The van der Waals surface area contributed by atoms with Crippen molar-refractivity contribution in [1.82, 2.24) is 9.80 Å². The lowest BCUT2D eigenvalue weighted by Crippen LogP contribution is -2.23. The van der Waals surface area contributed by atoms with E-state index >= 15 is 0 Å². The molecule has 0 atom stereocenters. The zero-order valence-corrected chi connectivity index (χ0v) is 17.7. The van der Waals surface area contributed by atoms with Gasteiger partial charge in [-0.05, 0) is 79.8 Å². The highest BCUT2D eigenvalue weighted by molar-refractivity contribution is 5.91. The van der Waals surface area contributed by atoms with E-state index in [1.807, 2.05) is 26.2 Å². The fourth-order valence-corrected chi connectivity index (χ4v) is 2.10. The van der Waals surface area contributed by atoms with E-state index in [0.717, 1.165) is 51.9 Å². The van der Waals surface area contributed by atoms with Crippen LogP contribution in [0.1, 0.15) is 53.4 Å². The Morgan fingerprint density at radius 1 is 0.808 bits per heavy atom. The van der Waals surface area contributed by atoms with Crippen LogP contribution in [0.25, 0.3) is 0 Å². The molecule has 0 aliphatic carbocycles. The third-order valence-electron chi connectivity index (χ3n) is 4.06. The average Bonchev–Trinajstić information content (AvgIpc) is 2.58. The summed E-state index contributed by atoms with van der Waals surface area (Å²) in [5.41, 5.74) is 11.5. The van der Waals surface area contributed by atoms with E-state index in [1.165, 1.54) is 0 Å². The molecule has 0 spiro atoms. The van der Waals surface area contributed by atoms with Crippen LogP contribution in [0.4, 0.5) is 0 Å². The lowest BCUT2D eigenvalue weighted by Gasteiger charge is -2.16. The van der Waals surface area contributed by atoms with E-state index in [0.29, 0.717) is 11.1 Å². The SMILES string of the molecule is CC(=CCCCN(C)C)C(N)=O.CCN(CC)CCCC=C(C)C(N)=O. The first-order valence-corrected chi connectivity index (χ1v) is 9.45. The van der Waals surface area contributed by atoms with Gasteiger partial charge < -0.3 is 21.3 Å². The van der Waals surface area contributed by atoms with Crippen LogP contribution in [0.2, 0.25) is 0 Å². The van der Waals surface area contributed by atoms with E-state index in [9.17, 15) is 9.59 Å². The summed E-state index contributed by atoms with van der Waals surface area (Å²) in [5.74, 6) is -0.632. The Hall–Kier alpha value is -1.66. The first-order chi connectivity index (χ1) is 12.1. The predicted octanol–water partition coefficient (Wildman–Crippen LogP) is 2.30. The van der Waals surface area contributed by atoms with Gasteiger partial charge in [-0.1, -0.05) is 26.0 Å². The first-order valence-electron chi connectivity index (χ1n) is 9.45. The van der Waals surface area contributed by atoms with Crippen molar-refractivity contribution in [2.24, 2.45) is 11.5 Å². The number of amides is 2. The minimum Gasteiger partial charge on any atom is -0.366 e. The van der Waals surface area contributed by atoms with Crippen LogP contribution in [0.3, 0.4) is 0 Å². The van der Waals surface area contributed by atoms with Gasteiger partial charge in [0.2, 0.25) is 11.8 Å². The summed E-state index contributed by atoms with van der Waals surface area (Å²) in [6.45, 7) is 12.2. The molecule has 0 bridgehead atoms. The number of hydrogen-bond acceptors (Lipinski definition) is 4. The normalized spacial score (nSPS) is 12.2. The topological polar surface area (TPSA) is 92.7 Å². The van der Waals surface area contributed by atoms with Crippen molar-refractivity contribution in [3.63, 3.8) is 0 Å². The number of unbranched alkanes of at least 4 members (excludes halogenated alkanes) is 2. The van der Waals surface area contributed by atoms with Gasteiger partial charge in [0.15, 0.2) is 0 Å². The highest BCUT2D eigenvalue weighted by Crippen LogP contribution is 2.00. The number of rotatable bonds is 12. The standard InChI is InChI=1S/C11H22N2O.C9H18N2O/c1-4-13(5-2)9-7-6-8-10(3)11(12)14;1-8(9(10)12)6-4-5-7-11(2)3/h8H,4-7,9H2,1-3H3,(H2,12,14);6H,4-5,7H2,1-3H3,(H2,10,12). The monoisotopic (exact) mass is 368 g/mol. The number of carbonyl (C=O) groups is 2. The van der Waals surface area contributed by atoms with Crippen molar-refractivity contribution in [2.75, 3.05) is 40.3 Å². The molecule has 0 saturated carbocycles. The van der Waals surface area contributed by atoms with Gasteiger partial charge in [0.1, 0.15) is 0 Å². The molecule has 26 heavy (non-hydrogen) atoms. The highest BCUT2D eigenvalue weighted by atomic mass is 16.1. The third kappa shape index (κ3) is 17.2. The Bertz CT molecular complexity index is 453. The van der Waals surface area contributed by atoms with Gasteiger partial charge in [0.05, 0.1) is 0 Å². The first kappa shape index (κ1) is 26.6. The third-order valence-corrected chi connectivity index (χ3v) is 4.06. The van der Waals surface area contributed by atoms with E-state index in [4.69, 9.17) is 11.5 Å². The number of carbonyl (C=O) groups excluding carboxylic acids is 2. The summed E-state index contributed by atoms with van der Waals surface area (Å²) in [7, 11) is 4.06. The quantitative estimate of drug-likeness (QED) is 0.408. The molecule has 0 heterocycles. The van der Waals surface area contributed by atoms with E-state index in [1.54, 1.807) is 13.8 Å². The molecule has 0 aliphatic rings. The van der Waals surface area contributed by atoms with Crippen molar-refractivity contribution in [3.05, 3.63) is 23.3 Å². The molecule has 0 saturated heterocycles. The van der Waals surface area contributed by atoms with Crippen molar-refractivity contribution in [2.45, 2.75) is 53.4 Å². The molecule has 0 radical (unpaired) electrons. The molecule has 0 aromatic carbocycles. The maximum absolute atomic E-state index is 10.7. The van der Waals surface area contributed by atoms with Crippen molar-refractivity contribution in [1.29, 1.82) is 0 Å². The summed E-state index contributed by atoms with van der Waals surface area (Å²) < 4.78 is 0. The molecule has 6 nitrogen and oxygen atoms in total. The fourth-order valence-electron chi connectivity index (χ4n) is 2.10. The summed E-state index contributed by atoms with van der Waals surface area (Å²) in [6, 6.07) is 0. The Labute approximate surface area is 160 Å². The average molecular weight is 369 g/mol. The van der Waals surface area contributed by atoms with Crippen LogP contribution in [0.5, 0.6) is 0 Å². The molecule has 0 aromatic heterocycles. The number of allylic oxidation sites excluding steroid dienone is 2. The molecule has 6 heteroatoms. The molecule has 0 unspecified atom stereocenters. The molecule has 0 rings (SSSR count). The Morgan fingerprint density at radius 3 is 1.50 bits per heavy atom. The fraction of sp³-hybridized carbons (Fsp3) is 0.700. The molecular formula is C20H40N4O2. The minimum atomic E-state index is -0.320. The smallest absolute Gasteiger partial charge is 0.244 e. The zero-order chi connectivity index (χ0) is 20.5. The van der Waals surface area contributed by atoms with Gasteiger partial charge in [0.25, 0.3) is 0 Å². The number of nitrogens with zero attached hydrogens (tertiary/aromatic N) is 2.